The Bertz CT molecular complexity index is 529. The minimum absolute atomic E-state index is 0.0152. The van der Waals surface area contributed by atoms with Gasteiger partial charge in [-0.25, -0.2) is 4.79 Å². The van der Waals surface area contributed by atoms with E-state index in [2.05, 4.69) is 12.2 Å². The summed E-state index contributed by atoms with van der Waals surface area (Å²) in [6.45, 7) is 1.61. The molecule has 3 aliphatic rings. The molecule has 0 aromatic heterocycles. The number of methoxy groups -OCH3 is 1. The van der Waals surface area contributed by atoms with Crippen molar-refractivity contribution in [2.75, 3.05) is 20.3 Å². The van der Waals surface area contributed by atoms with Gasteiger partial charge in [0.25, 0.3) is 0 Å². The Labute approximate surface area is 168 Å². The molecule has 6 heteroatoms. The van der Waals surface area contributed by atoms with Crippen LogP contribution in [0.2, 0.25) is 0 Å². The van der Waals surface area contributed by atoms with Gasteiger partial charge >= 0.3 is 5.97 Å². The third kappa shape index (κ3) is 4.78. The van der Waals surface area contributed by atoms with Crippen LogP contribution < -0.4 is 0 Å². The number of carbonyl (C=O) groups is 1. The summed E-state index contributed by atoms with van der Waals surface area (Å²) in [5, 5.41) is 10.0. The van der Waals surface area contributed by atoms with Crippen LogP contribution in [0.4, 0.5) is 0 Å². The smallest absolute Gasteiger partial charge is 0.339 e. The van der Waals surface area contributed by atoms with Gasteiger partial charge in [-0.15, -0.1) is 0 Å². The lowest BCUT2D eigenvalue weighted by Crippen LogP contribution is -2.47. The topological polar surface area (TPSA) is 74.2 Å². The third-order valence-corrected chi connectivity index (χ3v) is 6.49. The molecular weight excluding hydrogens is 360 g/mol. The number of ether oxygens (including phenoxy) is 4. The highest BCUT2D eigenvalue weighted by atomic mass is 16.7. The summed E-state index contributed by atoms with van der Waals surface area (Å²) in [7, 11) is 1.39. The SMILES string of the molecule is COC(=O)C12CCCC1(C=CCCCCCCOC1CCCCO1)CC(O)O2. The Morgan fingerprint density at radius 3 is 2.82 bits per heavy atom. The monoisotopic (exact) mass is 396 g/mol. The van der Waals surface area contributed by atoms with E-state index in [9.17, 15) is 9.90 Å². The molecule has 0 radical (unpaired) electrons. The fourth-order valence-electron chi connectivity index (χ4n) is 5.02. The fourth-order valence-corrected chi connectivity index (χ4v) is 5.02. The first-order chi connectivity index (χ1) is 13.6. The van der Waals surface area contributed by atoms with E-state index in [1.807, 2.05) is 0 Å². The maximum atomic E-state index is 12.4. The third-order valence-electron chi connectivity index (χ3n) is 6.49. The van der Waals surface area contributed by atoms with Gasteiger partial charge in [-0.05, 0) is 57.8 Å². The molecule has 0 aromatic rings. The van der Waals surface area contributed by atoms with Crippen LogP contribution in [0.15, 0.2) is 12.2 Å². The summed E-state index contributed by atoms with van der Waals surface area (Å²) in [5.74, 6) is -0.354. The molecule has 160 valence electrons. The minimum Gasteiger partial charge on any atom is -0.467 e. The van der Waals surface area contributed by atoms with Gasteiger partial charge in [-0.3, -0.25) is 0 Å². The molecule has 6 nitrogen and oxygen atoms in total. The molecule has 0 aromatic carbocycles. The van der Waals surface area contributed by atoms with Crippen LogP contribution in [0.25, 0.3) is 0 Å². The highest BCUT2D eigenvalue weighted by molar-refractivity contribution is 5.82. The van der Waals surface area contributed by atoms with Crippen LogP contribution in [0.5, 0.6) is 0 Å². The average molecular weight is 397 g/mol. The first-order valence-corrected chi connectivity index (χ1v) is 11.0. The number of esters is 1. The Morgan fingerprint density at radius 2 is 2.04 bits per heavy atom. The molecule has 1 aliphatic carbocycles. The first-order valence-electron chi connectivity index (χ1n) is 11.0. The lowest BCUT2D eigenvalue weighted by atomic mass is 9.73. The quantitative estimate of drug-likeness (QED) is 0.343. The second-order valence-electron chi connectivity index (χ2n) is 8.38. The van der Waals surface area contributed by atoms with Crippen LogP contribution in [0, 0.1) is 5.41 Å². The zero-order valence-electron chi connectivity index (χ0n) is 17.2. The lowest BCUT2D eigenvalue weighted by Gasteiger charge is -2.33. The van der Waals surface area contributed by atoms with Gasteiger partial charge in [0.15, 0.2) is 18.2 Å². The van der Waals surface area contributed by atoms with Gasteiger partial charge < -0.3 is 24.1 Å². The molecule has 2 heterocycles. The number of aliphatic hydroxyl groups is 1. The number of hydrogen-bond donors (Lipinski definition) is 1. The number of allylic oxidation sites excluding steroid dienone is 1. The highest BCUT2D eigenvalue weighted by Crippen LogP contribution is 2.58. The summed E-state index contributed by atoms with van der Waals surface area (Å²) in [6.07, 6.45) is 15.1. The van der Waals surface area contributed by atoms with Gasteiger partial charge in [0.05, 0.1) is 7.11 Å². The molecule has 1 saturated carbocycles. The van der Waals surface area contributed by atoms with Crippen LogP contribution in [-0.4, -0.2) is 49.6 Å². The van der Waals surface area contributed by atoms with E-state index in [0.29, 0.717) is 12.8 Å². The Morgan fingerprint density at radius 1 is 1.18 bits per heavy atom. The van der Waals surface area contributed by atoms with Crippen molar-refractivity contribution in [1.82, 2.24) is 0 Å². The largest absolute Gasteiger partial charge is 0.467 e. The molecular formula is C22H36O6. The van der Waals surface area contributed by atoms with Crippen LogP contribution in [0.3, 0.4) is 0 Å². The molecule has 4 atom stereocenters. The highest BCUT2D eigenvalue weighted by Gasteiger charge is 2.65. The number of fused-ring (bicyclic) bond motifs is 1. The molecule has 0 amide bonds. The average Bonchev–Trinajstić information content (AvgIpc) is 3.18. The van der Waals surface area contributed by atoms with Crippen molar-refractivity contribution in [3.63, 3.8) is 0 Å². The van der Waals surface area contributed by atoms with E-state index >= 15 is 0 Å². The molecule has 3 fully saturated rings. The van der Waals surface area contributed by atoms with Crippen molar-refractivity contribution in [2.24, 2.45) is 5.41 Å². The zero-order chi connectivity index (χ0) is 19.9. The molecule has 0 spiro atoms. The molecule has 28 heavy (non-hydrogen) atoms. The Hall–Kier alpha value is -0.950. The van der Waals surface area contributed by atoms with Crippen LogP contribution in [0.1, 0.15) is 77.0 Å². The summed E-state index contributed by atoms with van der Waals surface area (Å²) in [5.41, 5.74) is -1.43. The zero-order valence-corrected chi connectivity index (χ0v) is 17.2. The maximum Gasteiger partial charge on any atom is 0.339 e. The fraction of sp³-hybridized carbons (Fsp3) is 0.864. The minimum atomic E-state index is -1.00. The van der Waals surface area contributed by atoms with Crippen molar-refractivity contribution in [2.45, 2.75) is 95.2 Å². The molecule has 2 saturated heterocycles. The molecule has 2 aliphatic heterocycles. The van der Waals surface area contributed by atoms with Crippen molar-refractivity contribution in [1.29, 1.82) is 0 Å². The van der Waals surface area contributed by atoms with Gasteiger partial charge in [0.2, 0.25) is 0 Å². The summed E-state index contributed by atoms with van der Waals surface area (Å²) in [6, 6.07) is 0. The van der Waals surface area contributed by atoms with E-state index in [4.69, 9.17) is 18.9 Å². The number of carbonyl (C=O) groups excluding carboxylic acids is 1. The van der Waals surface area contributed by atoms with E-state index in [-0.39, 0.29) is 12.3 Å². The Balaban J connectivity index is 1.35. The van der Waals surface area contributed by atoms with Crippen LogP contribution in [-0.2, 0) is 23.7 Å². The van der Waals surface area contributed by atoms with Gasteiger partial charge in [0, 0.05) is 25.0 Å². The Kier molecular flexibility index (Phi) is 7.92. The number of hydrogen-bond acceptors (Lipinski definition) is 6. The van der Waals surface area contributed by atoms with E-state index < -0.39 is 17.3 Å². The predicted molar refractivity (Wildman–Crippen MR) is 105 cm³/mol. The van der Waals surface area contributed by atoms with E-state index in [0.717, 1.165) is 71.0 Å². The summed E-state index contributed by atoms with van der Waals surface area (Å²) in [4.78, 5) is 12.4. The van der Waals surface area contributed by atoms with E-state index in [1.54, 1.807) is 0 Å². The second-order valence-corrected chi connectivity index (χ2v) is 8.38. The number of rotatable bonds is 10. The van der Waals surface area contributed by atoms with Gasteiger partial charge in [-0.1, -0.05) is 25.0 Å². The van der Waals surface area contributed by atoms with Gasteiger partial charge in [-0.2, -0.15) is 0 Å². The van der Waals surface area contributed by atoms with Crippen molar-refractivity contribution in [3.05, 3.63) is 12.2 Å². The van der Waals surface area contributed by atoms with E-state index in [1.165, 1.54) is 13.5 Å². The molecule has 1 N–H and O–H groups in total. The van der Waals surface area contributed by atoms with Crippen molar-refractivity contribution < 1.29 is 28.8 Å². The summed E-state index contributed by atoms with van der Waals surface area (Å²) < 4.78 is 22.0. The van der Waals surface area contributed by atoms with Crippen molar-refractivity contribution in [3.8, 4) is 0 Å². The number of aliphatic hydroxyl groups excluding tert-OH is 1. The first kappa shape index (κ1) is 21.8. The molecule has 0 bridgehead atoms. The second kappa shape index (κ2) is 10.2. The predicted octanol–water partition coefficient (Wildman–Crippen LogP) is 3.86. The number of unbranched alkanes of at least 4 members (excludes halogenated alkanes) is 4. The lowest BCUT2D eigenvalue weighted by molar-refractivity contribution is -0.189. The normalized spacial score (nSPS) is 35.4. The summed E-state index contributed by atoms with van der Waals surface area (Å²) >= 11 is 0. The van der Waals surface area contributed by atoms with Crippen LogP contribution >= 0.6 is 0 Å². The van der Waals surface area contributed by atoms with Crippen molar-refractivity contribution >= 4 is 5.97 Å². The molecule has 3 rings (SSSR count). The maximum absolute atomic E-state index is 12.4. The van der Waals surface area contributed by atoms with Gasteiger partial charge in [0.1, 0.15) is 0 Å². The standard InChI is InChI=1S/C22H36O6/c1-25-20(24)22-14-10-13-21(22,17-18(23)28-22)12-7-4-2-3-5-8-15-26-19-11-6-9-16-27-19/h7,12,18-19,23H,2-6,8-11,13-17H2,1H3. The molecule has 4 unspecified atom stereocenters.